The summed E-state index contributed by atoms with van der Waals surface area (Å²) in [4.78, 5) is 40.0. The maximum absolute atomic E-state index is 12.6. The summed E-state index contributed by atoms with van der Waals surface area (Å²) in [5, 5.41) is 23.3. The Morgan fingerprint density at radius 1 is 0.619 bits per heavy atom. The molecular formula is C48H43N4O8PS2. The molecule has 0 saturated heterocycles. The second-order valence-electron chi connectivity index (χ2n) is 14.0. The van der Waals surface area contributed by atoms with Crippen molar-refractivity contribution in [3.8, 4) is 21.1 Å². The lowest BCUT2D eigenvalue weighted by atomic mass is 10.1. The number of para-hydroxylation sites is 2. The number of hydrogen-bond acceptors (Lipinski definition) is 12. The van der Waals surface area contributed by atoms with Gasteiger partial charge in [-0.05, 0) is 92.4 Å². The van der Waals surface area contributed by atoms with E-state index in [2.05, 4.69) is 50.2 Å². The molecule has 320 valence electrons. The van der Waals surface area contributed by atoms with Crippen LogP contribution in [0.3, 0.4) is 0 Å². The summed E-state index contributed by atoms with van der Waals surface area (Å²) in [6.45, 7) is 8.56. The Balaban J connectivity index is 0.000000171. The minimum Gasteiger partial charge on any atom is -0.309 e. The average Bonchev–Trinajstić information content (AvgIpc) is 3.91. The van der Waals surface area contributed by atoms with Crippen LogP contribution in [0.2, 0.25) is 0 Å². The summed E-state index contributed by atoms with van der Waals surface area (Å²) < 4.78 is 25.7. The van der Waals surface area contributed by atoms with Gasteiger partial charge in [-0.15, -0.1) is 22.7 Å². The molecule has 12 nitrogen and oxygen atoms in total. The first-order valence-corrected chi connectivity index (χ1v) is 23.2. The first-order valence-electron chi connectivity index (χ1n) is 19.8. The molecular weight excluding hydrogens is 856 g/mol. The number of aromatic nitrogens is 2. The number of thiazole rings is 2. The van der Waals surface area contributed by atoms with Crippen LogP contribution in [0.1, 0.15) is 52.0 Å². The lowest BCUT2D eigenvalue weighted by molar-refractivity contribution is -0.385. The summed E-state index contributed by atoms with van der Waals surface area (Å²) >= 11 is 3.37. The Morgan fingerprint density at radius 2 is 1.08 bits per heavy atom. The number of nitrogens with zero attached hydrogens (tertiary/aromatic N) is 4. The van der Waals surface area contributed by atoms with Crippen molar-refractivity contribution in [1.82, 2.24) is 9.97 Å². The molecule has 0 spiro atoms. The van der Waals surface area contributed by atoms with E-state index in [0.29, 0.717) is 25.1 Å². The van der Waals surface area contributed by atoms with E-state index in [1.807, 2.05) is 68.5 Å². The maximum atomic E-state index is 12.6. The molecule has 0 unspecified atom stereocenters. The standard InChI is InChI=1S/C22H16N2O2S.C19H22NO3PS.C7H5NO3/c1-15-6-13-19-21(14-15)27-22(23-19)18-11-8-16(9-12-18)7-10-17-4-2-3-5-20(17)24(25)26;1-4-22-24(21,23-5-2)13-15-7-9-16(10-8-15)19-20-17-11-6-14(3)12-18(17)25-19;9-5-6-3-1-2-4-7(6)8(10)11/h2-14H,1H3;6-12H,4-5,13H2,1-3H3;1-5H/b10-7+;;. The maximum Gasteiger partial charge on any atom is 0.335 e. The summed E-state index contributed by atoms with van der Waals surface area (Å²) in [6.07, 6.45) is 4.41. The third-order valence-corrected chi connectivity index (χ3v) is 13.5. The third-order valence-electron chi connectivity index (χ3n) is 9.32. The van der Waals surface area contributed by atoms with Gasteiger partial charge in [-0.1, -0.05) is 91.0 Å². The van der Waals surface area contributed by atoms with Crippen LogP contribution < -0.4 is 0 Å². The van der Waals surface area contributed by atoms with Crippen LogP contribution in [0, 0.1) is 34.1 Å². The van der Waals surface area contributed by atoms with E-state index in [1.54, 1.807) is 53.0 Å². The highest BCUT2D eigenvalue weighted by molar-refractivity contribution is 7.53. The Kier molecular flexibility index (Phi) is 15.7. The van der Waals surface area contributed by atoms with Crippen LogP contribution in [-0.2, 0) is 19.8 Å². The molecule has 0 aliphatic rings. The average molecular weight is 899 g/mol. The van der Waals surface area contributed by atoms with E-state index >= 15 is 0 Å². The van der Waals surface area contributed by atoms with Gasteiger partial charge in [0.1, 0.15) is 10.0 Å². The van der Waals surface area contributed by atoms with E-state index in [9.17, 15) is 29.6 Å². The van der Waals surface area contributed by atoms with Gasteiger partial charge in [-0.25, -0.2) is 9.97 Å². The van der Waals surface area contributed by atoms with Crippen molar-refractivity contribution >= 4 is 80.5 Å². The van der Waals surface area contributed by atoms with Crippen molar-refractivity contribution in [3.63, 3.8) is 0 Å². The number of fused-ring (bicyclic) bond motifs is 2. The van der Waals surface area contributed by atoms with Gasteiger partial charge in [0, 0.05) is 23.3 Å². The zero-order valence-electron chi connectivity index (χ0n) is 34.9. The summed E-state index contributed by atoms with van der Waals surface area (Å²) in [5.74, 6) is 0. The van der Waals surface area contributed by atoms with Crippen LogP contribution in [0.25, 0.3) is 53.7 Å². The molecule has 0 aliphatic carbocycles. The SMILES string of the molecule is CCOP(=O)(Cc1ccc(-c2nc3ccc(C)cc3s2)cc1)OCC.Cc1ccc2nc(-c3ccc(/C=C/c4ccccc4[N+](=O)[O-])cc3)sc2c1.O=Cc1ccccc1[N+](=O)[O-]. The van der Waals surface area contributed by atoms with Gasteiger partial charge in [0.25, 0.3) is 11.4 Å². The topological polar surface area (TPSA) is 165 Å². The second kappa shape index (κ2) is 21.5. The highest BCUT2D eigenvalue weighted by Crippen LogP contribution is 2.51. The summed E-state index contributed by atoms with van der Waals surface area (Å²) in [5.41, 5.74) is 9.20. The molecule has 0 N–H and O–H groups in total. The number of hydrogen-bond donors (Lipinski definition) is 0. The van der Waals surface area contributed by atoms with E-state index in [-0.39, 0.29) is 28.0 Å². The van der Waals surface area contributed by atoms with Gasteiger partial charge in [0.2, 0.25) is 0 Å². The van der Waals surface area contributed by atoms with Gasteiger partial charge in [0.15, 0.2) is 6.29 Å². The molecule has 2 heterocycles. The molecule has 8 aromatic rings. The largest absolute Gasteiger partial charge is 0.335 e. The molecule has 6 aromatic carbocycles. The van der Waals surface area contributed by atoms with E-state index in [0.717, 1.165) is 43.3 Å². The Bertz CT molecular complexity index is 2940. The predicted octanol–water partition coefficient (Wildman–Crippen LogP) is 13.8. The van der Waals surface area contributed by atoms with Crippen molar-refractivity contribution < 1.29 is 28.3 Å². The monoisotopic (exact) mass is 898 g/mol. The van der Waals surface area contributed by atoms with Crippen LogP contribution >= 0.6 is 30.3 Å². The Hall–Kier alpha value is -6.54. The predicted molar refractivity (Wildman–Crippen MR) is 255 cm³/mol. The molecule has 0 bridgehead atoms. The van der Waals surface area contributed by atoms with Crippen LogP contribution in [-0.4, -0.2) is 39.3 Å². The molecule has 0 saturated carbocycles. The summed E-state index contributed by atoms with van der Waals surface area (Å²) in [7, 11) is -3.07. The molecule has 63 heavy (non-hydrogen) atoms. The fraction of sp³-hybridized carbons (Fsp3) is 0.146. The van der Waals surface area contributed by atoms with Crippen LogP contribution in [0.5, 0.6) is 0 Å². The highest BCUT2D eigenvalue weighted by atomic mass is 32.1. The van der Waals surface area contributed by atoms with E-state index < -0.39 is 12.5 Å². The first kappa shape index (κ1) is 46.0. The number of carbonyl (C=O) groups is 1. The molecule has 0 fully saturated rings. The normalized spacial score (nSPS) is 11.2. The molecule has 8 rings (SSSR count). The zero-order chi connectivity index (χ0) is 44.9. The fourth-order valence-electron chi connectivity index (χ4n) is 6.28. The minimum atomic E-state index is -3.07. The first-order chi connectivity index (χ1) is 30.4. The van der Waals surface area contributed by atoms with Crippen molar-refractivity contribution in [2.45, 2.75) is 33.9 Å². The van der Waals surface area contributed by atoms with Crippen molar-refractivity contribution in [2.75, 3.05) is 13.2 Å². The highest BCUT2D eigenvalue weighted by Gasteiger charge is 2.24. The van der Waals surface area contributed by atoms with E-state index in [4.69, 9.17) is 19.0 Å². The van der Waals surface area contributed by atoms with Crippen molar-refractivity contribution in [2.24, 2.45) is 0 Å². The Labute approximate surface area is 372 Å². The van der Waals surface area contributed by atoms with Crippen LogP contribution in [0.15, 0.2) is 133 Å². The van der Waals surface area contributed by atoms with Gasteiger partial charge in [0.05, 0.1) is 60.8 Å². The van der Waals surface area contributed by atoms with Crippen molar-refractivity contribution in [3.05, 3.63) is 187 Å². The van der Waals surface area contributed by atoms with Crippen LogP contribution in [0.4, 0.5) is 11.4 Å². The summed E-state index contributed by atoms with van der Waals surface area (Å²) in [6, 6.07) is 41.1. The van der Waals surface area contributed by atoms with E-state index in [1.165, 1.54) is 44.8 Å². The number of nitro benzene ring substituents is 2. The molecule has 2 aromatic heterocycles. The van der Waals surface area contributed by atoms with Gasteiger partial charge >= 0.3 is 7.60 Å². The van der Waals surface area contributed by atoms with Gasteiger partial charge < -0.3 is 9.05 Å². The lowest BCUT2D eigenvalue weighted by Crippen LogP contribution is -1.99. The third kappa shape index (κ3) is 12.3. The number of carbonyl (C=O) groups excluding carboxylic acids is 1. The number of rotatable bonds is 13. The minimum absolute atomic E-state index is 0.107. The number of aldehydes is 1. The smallest absolute Gasteiger partial charge is 0.309 e. The zero-order valence-corrected chi connectivity index (χ0v) is 37.4. The molecule has 15 heteroatoms. The molecule has 0 atom stereocenters. The molecule has 0 radical (unpaired) electrons. The number of nitro groups is 2. The van der Waals surface area contributed by atoms with Gasteiger partial charge in [-0.3, -0.25) is 29.6 Å². The molecule has 0 amide bonds. The second-order valence-corrected chi connectivity index (χ2v) is 18.1. The fourth-order valence-corrected chi connectivity index (χ4v) is 10.1. The molecule has 0 aliphatic heterocycles. The number of aryl methyl sites for hydroxylation is 2. The number of benzene rings is 6. The van der Waals surface area contributed by atoms with Crippen molar-refractivity contribution in [1.29, 1.82) is 0 Å². The Morgan fingerprint density at radius 3 is 1.54 bits per heavy atom. The van der Waals surface area contributed by atoms with Gasteiger partial charge in [-0.2, -0.15) is 0 Å². The lowest BCUT2D eigenvalue weighted by Gasteiger charge is -2.17. The quantitative estimate of drug-likeness (QED) is 0.0357.